The van der Waals surface area contributed by atoms with Crippen LogP contribution >= 0.6 is 0 Å². The van der Waals surface area contributed by atoms with Gasteiger partial charge in [0.1, 0.15) is 5.82 Å². The summed E-state index contributed by atoms with van der Waals surface area (Å²) in [5.74, 6) is 0.335. The van der Waals surface area contributed by atoms with Crippen LogP contribution in [0.1, 0.15) is 11.3 Å². The number of nitrogens with two attached hydrogens (primary N) is 1. The number of H-pyrrole nitrogens is 1. The predicted molar refractivity (Wildman–Crippen MR) is 45.5 cm³/mol. The van der Waals surface area contributed by atoms with E-state index in [1.807, 2.05) is 6.92 Å². The molecule has 0 saturated heterocycles. The molecule has 0 aliphatic carbocycles. The van der Waals surface area contributed by atoms with Crippen molar-refractivity contribution in [3.05, 3.63) is 11.3 Å². The van der Waals surface area contributed by atoms with E-state index >= 15 is 0 Å². The average Bonchev–Trinajstić information content (AvgIpc) is 2.35. The average molecular weight is 168 g/mol. The summed E-state index contributed by atoms with van der Waals surface area (Å²) in [6.45, 7) is 1.83. The van der Waals surface area contributed by atoms with Crippen LogP contribution in [0, 0.1) is 6.92 Å². The van der Waals surface area contributed by atoms with Gasteiger partial charge in [0.2, 0.25) is 5.91 Å². The predicted octanol–water partition coefficient (Wildman–Crippen LogP) is -0.411. The molecule has 66 valence electrons. The summed E-state index contributed by atoms with van der Waals surface area (Å²) in [5, 5.41) is 9.01. The van der Waals surface area contributed by atoms with Gasteiger partial charge in [-0.05, 0) is 6.92 Å². The van der Waals surface area contributed by atoms with E-state index in [-0.39, 0.29) is 12.3 Å². The van der Waals surface area contributed by atoms with Crippen molar-refractivity contribution >= 4 is 11.7 Å². The Bertz CT molecular complexity index is 272. The van der Waals surface area contributed by atoms with Gasteiger partial charge in [-0.25, -0.2) is 0 Å². The van der Waals surface area contributed by atoms with E-state index in [4.69, 9.17) is 5.73 Å². The van der Waals surface area contributed by atoms with Gasteiger partial charge in [0.25, 0.3) is 0 Å². The molecular weight excluding hydrogens is 156 g/mol. The highest BCUT2D eigenvalue weighted by Crippen LogP contribution is 2.12. The lowest BCUT2D eigenvalue weighted by molar-refractivity contribution is -0.119. The third-order valence-corrected chi connectivity index (χ3v) is 1.72. The Labute approximate surface area is 70.3 Å². The topological polar surface area (TPSA) is 83.8 Å². The lowest BCUT2D eigenvalue weighted by atomic mass is 10.1. The zero-order chi connectivity index (χ0) is 9.14. The molecule has 12 heavy (non-hydrogen) atoms. The quantitative estimate of drug-likeness (QED) is 0.561. The Morgan fingerprint density at radius 1 is 1.75 bits per heavy atom. The van der Waals surface area contributed by atoms with E-state index in [1.165, 1.54) is 0 Å². The van der Waals surface area contributed by atoms with Gasteiger partial charge in [-0.2, -0.15) is 5.10 Å². The Morgan fingerprint density at radius 3 is 2.83 bits per heavy atom. The molecule has 1 aromatic rings. The van der Waals surface area contributed by atoms with Crippen LogP contribution in [0.3, 0.4) is 0 Å². The molecule has 5 heteroatoms. The number of aryl methyl sites for hydroxylation is 1. The van der Waals surface area contributed by atoms with E-state index in [9.17, 15) is 4.79 Å². The minimum atomic E-state index is -0.0637. The first-order valence-corrected chi connectivity index (χ1v) is 3.65. The van der Waals surface area contributed by atoms with Gasteiger partial charge in [0.15, 0.2) is 0 Å². The van der Waals surface area contributed by atoms with Gasteiger partial charge in [-0.1, -0.05) is 0 Å². The molecular formula is C7H12N4O. The number of likely N-dealkylation sites (N-methyl/N-ethyl adjacent to an activating group) is 1. The molecule has 0 unspecified atom stereocenters. The Hall–Kier alpha value is -1.52. The SMILES string of the molecule is CNC(=O)Cc1c(N)n[nH]c1C. The lowest BCUT2D eigenvalue weighted by Crippen LogP contribution is -2.20. The number of nitrogens with one attached hydrogen (secondary N) is 2. The highest BCUT2D eigenvalue weighted by molar-refractivity contribution is 5.79. The van der Waals surface area contributed by atoms with Crippen LogP contribution in [0.5, 0.6) is 0 Å². The zero-order valence-electron chi connectivity index (χ0n) is 7.14. The number of aromatic nitrogens is 2. The highest BCUT2D eigenvalue weighted by Gasteiger charge is 2.10. The molecule has 0 aromatic carbocycles. The largest absolute Gasteiger partial charge is 0.382 e. The summed E-state index contributed by atoms with van der Waals surface area (Å²) < 4.78 is 0. The molecule has 0 radical (unpaired) electrons. The molecule has 0 saturated carbocycles. The first kappa shape index (κ1) is 8.58. The normalized spacial score (nSPS) is 9.83. The van der Waals surface area contributed by atoms with Crippen molar-refractivity contribution in [2.24, 2.45) is 0 Å². The van der Waals surface area contributed by atoms with Crippen LogP contribution in [-0.4, -0.2) is 23.2 Å². The number of anilines is 1. The number of nitrogens with zero attached hydrogens (tertiary/aromatic N) is 1. The monoisotopic (exact) mass is 168 g/mol. The van der Waals surface area contributed by atoms with E-state index in [1.54, 1.807) is 7.05 Å². The van der Waals surface area contributed by atoms with Crippen molar-refractivity contribution in [2.75, 3.05) is 12.8 Å². The first-order valence-electron chi connectivity index (χ1n) is 3.65. The first-order chi connectivity index (χ1) is 5.65. The summed E-state index contributed by atoms with van der Waals surface area (Å²) in [6, 6.07) is 0. The molecule has 4 N–H and O–H groups in total. The van der Waals surface area contributed by atoms with Crippen LogP contribution in [0.2, 0.25) is 0 Å². The highest BCUT2D eigenvalue weighted by atomic mass is 16.1. The summed E-state index contributed by atoms with van der Waals surface area (Å²) in [5.41, 5.74) is 7.14. The second-order valence-corrected chi connectivity index (χ2v) is 2.56. The fourth-order valence-corrected chi connectivity index (χ4v) is 0.943. The Balaban J connectivity index is 2.80. The van der Waals surface area contributed by atoms with Crippen LogP contribution in [0.4, 0.5) is 5.82 Å². The standard InChI is InChI=1S/C7H12N4O/c1-4-5(3-6(12)9-2)7(8)11-10-4/h3H2,1-2H3,(H,9,12)(H3,8,10,11). The number of rotatable bonds is 2. The van der Waals surface area contributed by atoms with Gasteiger partial charge in [-0.3, -0.25) is 9.89 Å². The van der Waals surface area contributed by atoms with Crippen molar-refractivity contribution in [3.63, 3.8) is 0 Å². The molecule has 0 bridgehead atoms. The second-order valence-electron chi connectivity index (χ2n) is 2.56. The molecule has 0 spiro atoms. The summed E-state index contributed by atoms with van der Waals surface area (Å²) >= 11 is 0. The smallest absolute Gasteiger partial charge is 0.224 e. The molecule has 1 heterocycles. The molecule has 0 atom stereocenters. The van der Waals surface area contributed by atoms with Gasteiger partial charge >= 0.3 is 0 Å². The van der Waals surface area contributed by atoms with Crippen LogP contribution in [0.25, 0.3) is 0 Å². The number of carbonyl (C=O) groups excluding carboxylic acids is 1. The van der Waals surface area contributed by atoms with Crippen LogP contribution in [-0.2, 0) is 11.2 Å². The molecule has 5 nitrogen and oxygen atoms in total. The van der Waals surface area contributed by atoms with Crippen LogP contribution in [0.15, 0.2) is 0 Å². The minimum absolute atomic E-state index is 0.0637. The van der Waals surface area contributed by atoms with Crippen molar-refractivity contribution in [1.29, 1.82) is 0 Å². The van der Waals surface area contributed by atoms with Gasteiger partial charge < -0.3 is 11.1 Å². The van der Waals surface area contributed by atoms with Crippen molar-refractivity contribution in [1.82, 2.24) is 15.5 Å². The molecule has 1 amide bonds. The number of hydrogen-bond donors (Lipinski definition) is 3. The molecule has 1 aromatic heterocycles. The second kappa shape index (κ2) is 3.25. The summed E-state index contributed by atoms with van der Waals surface area (Å²) in [7, 11) is 1.59. The number of amides is 1. The number of nitrogen functional groups attached to an aromatic ring is 1. The van der Waals surface area contributed by atoms with E-state index < -0.39 is 0 Å². The zero-order valence-corrected chi connectivity index (χ0v) is 7.14. The maximum Gasteiger partial charge on any atom is 0.224 e. The third-order valence-electron chi connectivity index (χ3n) is 1.72. The third kappa shape index (κ3) is 1.55. The maximum atomic E-state index is 11.0. The number of carbonyl (C=O) groups is 1. The summed E-state index contributed by atoms with van der Waals surface area (Å²) in [4.78, 5) is 11.0. The molecule has 0 aliphatic heterocycles. The lowest BCUT2D eigenvalue weighted by Gasteiger charge is -1.98. The van der Waals surface area contributed by atoms with Gasteiger partial charge in [-0.15, -0.1) is 0 Å². The maximum absolute atomic E-state index is 11.0. The molecule has 1 rings (SSSR count). The Morgan fingerprint density at radius 2 is 2.42 bits per heavy atom. The molecule has 0 aliphatic rings. The minimum Gasteiger partial charge on any atom is -0.382 e. The van der Waals surface area contributed by atoms with E-state index in [0.29, 0.717) is 5.82 Å². The van der Waals surface area contributed by atoms with E-state index in [0.717, 1.165) is 11.3 Å². The van der Waals surface area contributed by atoms with E-state index in [2.05, 4.69) is 15.5 Å². The number of hydrogen-bond acceptors (Lipinski definition) is 3. The fraction of sp³-hybridized carbons (Fsp3) is 0.429. The van der Waals surface area contributed by atoms with Gasteiger partial charge in [0, 0.05) is 18.3 Å². The molecule has 0 fully saturated rings. The number of aromatic amines is 1. The Kier molecular flexibility index (Phi) is 2.32. The van der Waals surface area contributed by atoms with Crippen LogP contribution < -0.4 is 11.1 Å². The van der Waals surface area contributed by atoms with Crippen molar-refractivity contribution in [2.45, 2.75) is 13.3 Å². The van der Waals surface area contributed by atoms with Gasteiger partial charge in [0.05, 0.1) is 6.42 Å². The van der Waals surface area contributed by atoms with Crippen molar-refractivity contribution in [3.8, 4) is 0 Å². The van der Waals surface area contributed by atoms with Crippen molar-refractivity contribution < 1.29 is 4.79 Å². The fourth-order valence-electron chi connectivity index (χ4n) is 0.943. The summed E-state index contributed by atoms with van der Waals surface area (Å²) in [6.07, 6.45) is 0.282.